The molecule has 6 heteroatoms. The van der Waals surface area contributed by atoms with Crippen LogP contribution in [-0.2, 0) is 0 Å². The van der Waals surface area contributed by atoms with E-state index in [1.807, 2.05) is 4.90 Å². The smallest absolute Gasteiger partial charge is 0.272 e. The first kappa shape index (κ1) is 14.7. The molecule has 2 aromatic rings. The van der Waals surface area contributed by atoms with E-state index in [0.29, 0.717) is 17.9 Å². The van der Waals surface area contributed by atoms with Crippen LogP contribution in [0.3, 0.4) is 0 Å². The van der Waals surface area contributed by atoms with E-state index in [-0.39, 0.29) is 17.8 Å². The predicted molar refractivity (Wildman–Crippen MR) is 81.7 cm³/mol. The number of benzene rings is 1. The highest BCUT2D eigenvalue weighted by Gasteiger charge is 2.27. The van der Waals surface area contributed by atoms with Gasteiger partial charge in [0.1, 0.15) is 11.5 Å². The number of nitrogens with one attached hydrogen (secondary N) is 1. The average molecular weight is 302 g/mol. The highest BCUT2D eigenvalue weighted by molar-refractivity contribution is 5.93. The summed E-state index contributed by atoms with van der Waals surface area (Å²) in [6.45, 7) is 1.20. The molecular formula is C16H19FN4O. The zero-order chi connectivity index (χ0) is 15.5. The van der Waals surface area contributed by atoms with Crippen LogP contribution in [0, 0.1) is 5.82 Å². The minimum absolute atomic E-state index is 0.0731. The number of likely N-dealkylation sites (tertiary alicyclic amines) is 1. The van der Waals surface area contributed by atoms with Gasteiger partial charge < -0.3 is 10.6 Å². The standard InChI is InChI=1S/C16H19FN4O/c17-12-6-4-11(5-7-12)14-9-15(20-19-14)16(22)21-8-2-1-3-13(21)10-18/h4-7,9,13H,1-3,8,10,18H2,(H,19,20)/t13-/m1/s1. The molecule has 3 N–H and O–H groups in total. The van der Waals surface area contributed by atoms with Crippen molar-refractivity contribution in [1.29, 1.82) is 0 Å². The number of rotatable bonds is 3. The van der Waals surface area contributed by atoms with Crippen molar-refractivity contribution in [1.82, 2.24) is 15.1 Å². The number of carbonyl (C=O) groups is 1. The molecule has 1 aromatic heterocycles. The fraction of sp³-hybridized carbons (Fsp3) is 0.375. The van der Waals surface area contributed by atoms with Crippen molar-refractivity contribution in [2.75, 3.05) is 13.1 Å². The van der Waals surface area contributed by atoms with E-state index in [9.17, 15) is 9.18 Å². The van der Waals surface area contributed by atoms with Crippen LogP contribution in [0.15, 0.2) is 30.3 Å². The molecule has 1 aromatic carbocycles. The molecule has 1 fully saturated rings. The van der Waals surface area contributed by atoms with E-state index in [0.717, 1.165) is 31.4 Å². The van der Waals surface area contributed by atoms with Gasteiger partial charge in [0.25, 0.3) is 5.91 Å². The molecule has 0 unspecified atom stereocenters. The fourth-order valence-corrected chi connectivity index (χ4v) is 2.87. The van der Waals surface area contributed by atoms with Crippen molar-refractivity contribution in [2.45, 2.75) is 25.3 Å². The van der Waals surface area contributed by atoms with Gasteiger partial charge in [0, 0.05) is 24.7 Å². The SMILES string of the molecule is NC[C@H]1CCCCN1C(=O)c1cc(-c2ccc(F)cc2)n[nH]1. The highest BCUT2D eigenvalue weighted by atomic mass is 19.1. The highest BCUT2D eigenvalue weighted by Crippen LogP contribution is 2.22. The van der Waals surface area contributed by atoms with Gasteiger partial charge >= 0.3 is 0 Å². The molecule has 22 heavy (non-hydrogen) atoms. The number of nitrogens with two attached hydrogens (primary N) is 1. The Bertz CT molecular complexity index is 652. The summed E-state index contributed by atoms with van der Waals surface area (Å²) in [4.78, 5) is 14.4. The van der Waals surface area contributed by atoms with Gasteiger partial charge in [-0.25, -0.2) is 4.39 Å². The lowest BCUT2D eigenvalue weighted by Crippen LogP contribution is -2.47. The van der Waals surface area contributed by atoms with Gasteiger partial charge in [-0.05, 0) is 49.6 Å². The van der Waals surface area contributed by atoms with E-state index in [2.05, 4.69) is 10.2 Å². The maximum atomic E-state index is 13.0. The van der Waals surface area contributed by atoms with E-state index in [1.165, 1.54) is 12.1 Å². The molecule has 0 saturated carbocycles. The van der Waals surface area contributed by atoms with E-state index < -0.39 is 0 Å². The number of piperidine rings is 1. The summed E-state index contributed by atoms with van der Waals surface area (Å²) >= 11 is 0. The molecule has 0 aliphatic carbocycles. The van der Waals surface area contributed by atoms with Crippen LogP contribution in [0.25, 0.3) is 11.3 Å². The van der Waals surface area contributed by atoms with Crippen LogP contribution in [-0.4, -0.2) is 40.1 Å². The lowest BCUT2D eigenvalue weighted by atomic mass is 10.0. The van der Waals surface area contributed by atoms with Crippen LogP contribution in [0.5, 0.6) is 0 Å². The number of hydrogen-bond donors (Lipinski definition) is 2. The van der Waals surface area contributed by atoms with Crippen LogP contribution >= 0.6 is 0 Å². The Labute approximate surface area is 128 Å². The minimum Gasteiger partial charge on any atom is -0.333 e. The lowest BCUT2D eigenvalue weighted by Gasteiger charge is -2.34. The van der Waals surface area contributed by atoms with Crippen LogP contribution in [0.2, 0.25) is 0 Å². The minimum atomic E-state index is -0.297. The third kappa shape index (κ3) is 2.87. The summed E-state index contributed by atoms with van der Waals surface area (Å²) < 4.78 is 13.0. The first-order valence-corrected chi connectivity index (χ1v) is 7.51. The molecule has 1 atom stereocenters. The summed E-state index contributed by atoms with van der Waals surface area (Å²) in [5, 5.41) is 6.94. The quantitative estimate of drug-likeness (QED) is 0.912. The second kappa shape index (κ2) is 6.27. The number of amides is 1. The topological polar surface area (TPSA) is 75.0 Å². The molecule has 1 amide bonds. The van der Waals surface area contributed by atoms with Crippen molar-refractivity contribution < 1.29 is 9.18 Å². The van der Waals surface area contributed by atoms with Crippen LogP contribution in [0.4, 0.5) is 4.39 Å². The number of nitrogens with zero attached hydrogens (tertiary/aromatic N) is 2. The maximum Gasteiger partial charge on any atom is 0.272 e. The summed E-state index contributed by atoms with van der Waals surface area (Å²) in [5.74, 6) is -0.370. The zero-order valence-corrected chi connectivity index (χ0v) is 12.3. The van der Waals surface area contributed by atoms with Gasteiger partial charge in [-0.15, -0.1) is 0 Å². The summed E-state index contributed by atoms with van der Waals surface area (Å²) in [6.07, 6.45) is 3.05. The number of aromatic amines is 1. The van der Waals surface area contributed by atoms with E-state index in [1.54, 1.807) is 18.2 Å². The number of halogens is 1. The largest absolute Gasteiger partial charge is 0.333 e. The van der Waals surface area contributed by atoms with Gasteiger partial charge in [-0.1, -0.05) is 0 Å². The third-order valence-corrected chi connectivity index (χ3v) is 4.11. The van der Waals surface area contributed by atoms with Gasteiger partial charge in [-0.3, -0.25) is 9.89 Å². The molecule has 1 aliphatic heterocycles. The summed E-state index contributed by atoms with van der Waals surface area (Å²) in [5.41, 5.74) is 7.61. The number of H-pyrrole nitrogens is 1. The molecule has 1 aliphatic rings. The van der Waals surface area contributed by atoms with Crippen molar-refractivity contribution in [3.8, 4) is 11.3 Å². The van der Waals surface area contributed by atoms with Crippen molar-refractivity contribution in [2.24, 2.45) is 5.73 Å². The van der Waals surface area contributed by atoms with Crippen LogP contribution in [0.1, 0.15) is 29.8 Å². The molecule has 1 saturated heterocycles. The Balaban J connectivity index is 1.80. The second-order valence-corrected chi connectivity index (χ2v) is 5.56. The normalized spacial score (nSPS) is 18.5. The van der Waals surface area contributed by atoms with Gasteiger partial charge in [0.15, 0.2) is 0 Å². The second-order valence-electron chi connectivity index (χ2n) is 5.56. The number of hydrogen-bond acceptors (Lipinski definition) is 3. The van der Waals surface area contributed by atoms with Crippen LogP contribution < -0.4 is 5.73 Å². The Morgan fingerprint density at radius 2 is 2.14 bits per heavy atom. The monoisotopic (exact) mass is 302 g/mol. The maximum absolute atomic E-state index is 13.0. The lowest BCUT2D eigenvalue weighted by molar-refractivity contribution is 0.0617. The molecule has 0 bridgehead atoms. The Morgan fingerprint density at radius 3 is 2.86 bits per heavy atom. The molecule has 116 valence electrons. The first-order valence-electron chi connectivity index (χ1n) is 7.51. The Hall–Kier alpha value is -2.21. The van der Waals surface area contributed by atoms with Crippen molar-refractivity contribution in [3.05, 3.63) is 41.8 Å². The number of carbonyl (C=O) groups excluding carboxylic acids is 1. The number of aromatic nitrogens is 2. The fourth-order valence-electron chi connectivity index (χ4n) is 2.87. The predicted octanol–water partition coefficient (Wildman–Crippen LogP) is 2.17. The van der Waals surface area contributed by atoms with Gasteiger partial charge in [0.05, 0.1) is 5.69 Å². The summed E-state index contributed by atoms with van der Waals surface area (Å²) in [7, 11) is 0. The molecule has 0 radical (unpaired) electrons. The molecule has 2 heterocycles. The molecule has 0 spiro atoms. The van der Waals surface area contributed by atoms with Crippen molar-refractivity contribution >= 4 is 5.91 Å². The molecule has 5 nitrogen and oxygen atoms in total. The van der Waals surface area contributed by atoms with Crippen molar-refractivity contribution in [3.63, 3.8) is 0 Å². The Kier molecular flexibility index (Phi) is 4.20. The zero-order valence-electron chi connectivity index (χ0n) is 12.3. The van der Waals surface area contributed by atoms with Gasteiger partial charge in [0.2, 0.25) is 0 Å². The van der Waals surface area contributed by atoms with E-state index in [4.69, 9.17) is 5.73 Å². The third-order valence-electron chi connectivity index (χ3n) is 4.11. The van der Waals surface area contributed by atoms with E-state index >= 15 is 0 Å². The van der Waals surface area contributed by atoms with Gasteiger partial charge in [-0.2, -0.15) is 5.10 Å². The summed E-state index contributed by atoms with van der Waals surface area (Å²) in [6, 6.07) is 7.84. The Morgan fingerprint density at radius 1 is 1.36 bits per heavy atom. The average Bonchev–Trinajstić information content (AvgIpc) is 3.05. The first-order chi connectivity index (χ1) is 10.7. The molecule has 3 rings (SSSR count). The molecular weight excluding hydrogens is 283 g/mol.